The zero-order valence-electron chi connectivity index (χ0n) is 20.8. The average molecular weight is 588 g/mol. The second kappa shape index (κ2) is 9.43. The Labute approximate surface area is 227 Å². The van der Waals surface area contributed by atoms with Gasteiger partial charge in [0.2, 0.25) is 0 Å². The summed E-state index contributed by atoms with van der Waals surface area (Å²) in [5.41, 5.74) is -0.492. The molecule has 0 aliphatic heterocycles. The van der Waals surface area contributed by atoms with Crippen molar-refractivity contribution in [3.05, 3.63) is 86.2 Å². The average Bonchev–Trinajstić information content (AvgIpc) is 3.30. The molecule has 0 radical (unpaired) electrons. The first kappa shape index (κ1) is 25.5. The van der Waals surface area contributed by atoms with Gasteiger partial charge in [-0.15, -0.1) is 0 Å². The number of hydrogen-bond acceptors (Lipinski definition) is 2. The van der Waals surface area contributed by atoms with E-state index in [0.717, 1.165) is 53.8 Å². The van der Waals surface area contributed by atoms with Crippen LogP contribution in [-0.2, 0) is 12.7 Å². The maximum absolute atomic E-state index is 13.7. The summed E-state index contributed by atoms with van der Waals surface area (Å²) < 4.78 is 43.2. The van der Waals surface area contributed by atoms with Gasteiger partial charge in [0.15, 0.2) is 0 Å². The van der Waals surface area contributed by atoms with Gasteiger partial charge in [-0.2, -0.15) is 13.2 Å². The molecule has 1 heterocycles. The van der Waals surface area contributed by atoms with Crippen LogP contribution in [-0.4, -0.2) is 20.8 Å². The molecule has 1 N–H and O–H groups in total. The summed E-state index contributed by atoms with van der Waals surface area (Å²) in [6.45, 7) is 0.252. The van der Waals surface area contributed by atoms with E-state index in [2.05, 4.69) is 21.2 Å². The van der Waals surface area contributed by atoms with Crippen molar-refractivity contribution in [3.8, 4) is 5.69 Å². The molecule has 9 heteroatoms. The Bertz CT molecular complexity index is 1430. The van der Waals surface area contributed by atoms with Gasteiger partial charge in [0.1, 0.15) is 5.56 Å². The molecule has 3 aliphatic carbocycles. The maximum atomic E-state index is 13.7. The standard InChI is InChI=1S/C29H29BrF3N3O2/c30-25-6-2-1-4-20(25)16-35-17-24(27(38)36(35)23-9-7-22(8-10-23)29(31,32)33)26(37)34-28-11-3-5-19-12-18(14-28)13-21(19)15-28/h1-2,4,6-10,17-19,21H,3,5,11-16H2,(H,34,37)/t18?,19-,21?,28?/m1/s1. The van der Waals surface area contributed by atoms with E-state index in [4.69, 9.17) is 0 Å². The number of nitrogens with zero attached hydrogens (tertiary/aromatic N) is 2. The second-order valence-electron chi connectivity index (χ2n) is 11.3. The fraction of sp³-hybridized carbons (Fsp3) is 0.448. The quantitative estimate of drug-likeness (QED) is 0.367. The van der Waals surface area contributed by atoms with Crippen molar-refractivity contribution in [2.75, 3.05) is 0 Å². The Hall–Kier alpha value is -2.81. The minimum atomic E-state index is -4.48. The summed E-state index contributed by atoms with van der Waals surface area (Å²) in [7, 11) is 0. The minimum Gasteiger partial charge on any atom is -0.346 e. The zero-order chi connectivity index (χ0) is 26.7. The van der Waals surface area contributed by atoms with E-state index in [1.165, 1.54) is 42.3 Å². The number of rotatable bonds is 5. The number of benzene rings is 2. The van der Waals surface area contributed by atoms with E-state index >= 15 is 0 Å². The van der Waals surface area contributed by atoms with Crippen LogP contribution in [0.3, 0.4) is 0 Å². The molecule has 3 saturated carbocycles. The molecular formula is C29H29BrF3N3O2. The van der Waals surface area contributed by atoms with Crippen molar-refractivity contribution >= 4 is 21.8 Å². The first-order valence-electron chi connectivity index (χ1n) is 13.2. The summed E-state index contributed by atoms with van der Waals surface area (Å²) in [4.78, 5) is 27.4. The Morgan fingerprint density at radius 2 is 1.79 bits per heavy atom. The predicted molar refractivity (Wildman–Crippen MR) is 141 cm³/mol. The van der Waals surface area contributed by atoms with Crippen LogP contribution in [0.5, 0.6) is 0 Å². The van der Waals surface area contributed by atoms with Crippen molar-refractivity contribution in [1.29, 1.82) is 0 Å². The first-order chi connectivity index (χ1) is 18.1. The van der Waals surface area contributed by atoms with Gasteiger partial charge in [-0.05, 0) is 85.8 Å². The van der Waals surface area contributed by atoms with Crippen molar-refractivity contribution in [1.82, 2.24) is 14.7 Å². The smallest absolute Gasteiger partial charge is 0.346 e. The van der Waals surface area contributed by atoms with Crippen molar-refractivity contribution in [3.63, 3.8) is 0 Å². The third kappa shape index (κ3) is 4.63. The minimum absolute atomic E-state index is 0.00467. The number of aromatic nitrogens is 2. The molecule has 3 unspecified atom stereocenters. The van der Waals surface area contributed by atoms with E-state index in [1.807, 2.05) is 24.3 Å². The van der Waals surface area contributed by atoms with Gasteiger partial charge in [0, 0.05) is 16.2 Å². The third-order valence-electron chi connectivity index (χ3n) is 8.81. The van der Waals surface area contributed by atoms with Crippen molar-refractivity contribution in [2.24, 2.45) is 17.8 Å². The highest BCUT2D eigenvalue weighted by Gasteiger charge is 2.50. The van der Waals surface area contributed by atoms with Crippen LogP contribution in [0, 0.1) is 17.8 Å². The molecule has 5 nitrogen and oxygen atoms in total. The Morgan fingerprint density at radius 3 is 2.53 bits per heavy atom. The number of alkyl halides is 3. The molecule has 3 fully saturated rings. The lowest BCUT2D eigenvalue weighted by Gasteiger charge is -2.40. The highest BCUT2D eigenvalue weighted by atomic mass is 79.9. The van der Waals surface area contributed by atoms with Gasteiger partial charge in [0.05, 0.1) is 17.8 Å². The molecular weight excluding hydrogens is 559 g/mol. The summed E-state index contributed by atoms with van der Waals surface area (Å²) in [5, 5.41) is 3.29. The van der Waals surface area contributed by atoms with E-state index in [9.17, 15) is 22.8 Å². The highest BCUT2D eigenvalue weighted by Crippen LogP contribution is 2.55. The van der Waals surface area contributed by atoms with E-state index in [1.54, 1.807) is 4.68 Å². The third-order valence-corrected chi connectivity index (χ3v) is 9.59. The normalized spacial score (nSPS) is 26.4. The fourth-order valence-corrected chi connectivity index (χ4v) is 7.66. The highest BCUT2D eigenvalue weighted by molar-refractivity contribution is 9.10. The van der Waals surface area contributed by atoms with Crippen molar-refractivity contribution in [2.45, 2.75) is 63.2 Å². The number of nitrogens with one attached hydrogen (secondary N) is 1. The van der Waals surface area contributed by atoms with Gasteiger partial charge >= 0.3 is 6.18 Å². The number of amides is 1. The zero-order valence-corrected chi connectivity index (χ0v) is 22.4. The molecule has 2 aromatic carbocycles. The molecule has 1 aromatic heterocycles. The monoisotopic (exact) mass is 587 g/mol. The fourth-order valence-electron chi connectivity index (χ4n) is 7.25. The number of carbonyl (C=O) groups excluding carboxylic acids is 1. The van der Waals surface area contributed by atoms with Gasteiger partial charge in [0.25, 0.3) is 11.5 Å². The van der Waals surface area contributed by atoms with Crippen LogP contribution in [0.15, 0.2) is 64.0 Å². The van der Waals surface area contributed by atoms with Crippen LogP contribution in [0.4, 0.5) is 13.2 Å². The van der Waals surface area contributed by atoms with Crippen LogP contribution in [0.25, 0.3) is 5.69 Å². The Morgan fingerprint density at radius 1 is 1.05 bits per heavy atom. The van der Waals surface area contributed by atoms with E-state index < -0.39 is 23.2 Å². The topological polar surface area (TPSA) is 56.0 Å². The lowest BCUT2D eigenvalue weighted by atomic mass is 9.73. The maximum Gasteiger partial charge on any atom is 0.416 e. The SMILES string of the molecule is O=C(NC12CCC[C@@H]3CC(CC3C1)C2)c1cn(Cc2ccccc2Br)n(-c2ccc(C(F)(F)F)cc2)c1=O. The molecule has 3 aliphatic rings. The van der Waals surface area contributed by atoms with Crippen LogP contribution in [0.1, 0.15) is 66.4 Å². The molecule has 0 saturated heterocycles. The molecule has 6 rings (SSSR count). The van der Waals surface area contributed by atoms with Crippen LogP contribution in [0.2, 0.25) is 0 Å². The number of hydrogen-bond donors (Lipinski definition) is 1. The number of fused-ring (bicyclic) bond motifs is 2. The molecule has 3 aromatic rings. The lowest BCUT2D eigenvalue weighted by Crippen LogP contribution is -2.52. The van der Waals surface area contributed by atoms with Gasteiger partial charge in [-0.1, -0.05) is 47.0 Å². The molecule has 0 spiro atoms. The molecule has 4 atom stereocenters. The van der Waals surface area contributed by atoms with Crippen molar-refractivity contribution < 1.29 is 18.0 Å². The van der Waals surface area contributed by atoms with E-state index in [0.29, 0.717) is 11.8 Å². The molecule has 1 amide bonds. The lowest BCUT2D eigenvalue weighted by molar-refractivity contribution is -0.137. The van der Waals surface area contributed by atoms with Gasteiger partial charge in [-0.25, -0.2) is 4.68 Å². The van der Waals surface area contributed by atoms with Gasteiger partial charge in [-0.3, -0.25) is 14.3 Å². The predicted octanol–water partition coefficient (Wildman–Crippen LogP) is 6.56. The molecule has 3 bridgehead atoms. The van der Waals surface area contributed by atoms with E-state index in [-0.39, 0.29) is 23.3 Å². The second-order valence-corrected chi connectivity index (χ2v) is 12.1. The number of carbonyl (C=O) groups is 1. The summed E-state index contributed by atoms with van der Waals surface area (Å²) in [6, 6.07) is 12.0. The first-order valence-corrected chi connectivity index (χ1v) is 14.0. The Balaban J connectivity index is 1.37. The summed E-state index contributed by atoms with van der Waals surface area (Å²) >= 11 is 3.53. The molecule has 200 valence electrons. The Kier molecular flexibility index (Phi) is 6.32. The van der Waals surface area contributed by atoms with Crippen LogP contribution >= 0.6 is 15.9 Å². The molecule has 38 heavy (non-hydrogen) atoms. The summed E-state index contributed by atoms with van der Waals surface area (Å²) in [6.07, 6.45) is 4.66. The number of halogens is 4. The largest absolute Gasteiger partial charge is 0.416 e. The van der Waals surface area contributed by atoms with Gasteiger partial charge < -0.3 is 5.32 Å². The van der Waals surface area contributed by atoms with Crippen LogP contribution < -0.4 is 10.9 Å². The summed E-state index contributed by atoms with van der Waals surface area (Å²) in [5.74, 6) is 1.62.